The van der Waals surface area contributed by atoms with Crippen LogP contribution >= 0.6 is 31.9 Å². The number of phenols is 1. The molecule has 0 radical (unpaired) electrons. The summed E-state index contributed by atoms with van der Waals surface area (Å²) in [6.07, 6.45) is 0. The lowest BCUT2D eigenvalue weighted by Gasteiger charge is -2.14. The van der Waals surface area contributed by atoms with Gasteiger partial charge in [0.1, 0.15) is 11.5 Å². The number of aromatic hydroxyl groups is 1. The average Bonchev–Trinajstić information content (AvgIpc) is 2.72. The molecule has 1 unspecified atom stereocenters. The predicted molar refractivity (Wildman–Crippen MR) is 84.7 cm³/mol. The number of hydrogen-bond acceptors (Lipinski definition) is 4. The van der Waals surface area contributed by atoms with Crippen LogP contribution in [0.5, 0.6) is 5.75 Å². The average molecular weight is 404 g/mol. The van der Waals surface area contributed by atoms with Crippen molar-refractivity contribution in [3.05, 3.63) is 43.7 Å². The molecule has 4 nitrogen and oxygen atoms in total. The molecule has 0 aliphatic heterocycles. The Bertz CT molecular complexity index is 583. The Morgan fingerprint density at radius 2 is 1.90 bits per heavy atom. The standard InChI is InChI=1S/C14H16Br2N2O2/c1-7(13-8(2)18-20-9(13)3)17-6-10-4-11(15)14(19)12(16)5-10/h4-5,7,17,19H,6H2,1-3H3. The summed E-state index contributed by atoms with van der Waals surface area (Å²) < 4.78 is 6.53. The lowest BCUT2D eigenvalue weighted by Crippen LogP contribution is -2.19. The molecule has 1 atom stereocenters. The number of aryl methyl sites for hydroxylation is 2. The van der Waals surface area contributed by atoms with E-state index >= 15 is 0 Å². The number of halogens is 2. The van der Waals surface area contributed by atoms with Crippen LogP contribution in [-0.4, -0.2) is 10.3 Å². The van der Waals surface area contributed by atoms with Crippen LogP contribution in [0.1, 0.15) is 35.5 Å². The van der Waals surface area contributed by atoms with Crippen molar-refractivity contribution < 1.29 is 9.63 Å². The van der Waals surface area contributed by atoms with Crippen LogP contribution in [0.4, 0.5) is 0 Å². The first-order valence-electron chi connectivity index (χ1n) is 6.23. The summed E-state index contributed by atoms with van der Waals surface area (Å²) >= 11 is 6.67. The molecule has 1 heterocycles. The highest BCUT2D eigenvalue weighted by atomic mass is 79.9. The molecule has 20 heavy (non-hydrogen) atoms. The summed E-state index contributed by atoms with van der Waals surface area (Å²) in [5, 5.41) is 17.1. The van der Waals surface area contributed by atoms with Gasteiger partial charge in [-0.25, -0.2) is 0 Å². The van der Waals surface area contributed by atoms with Crippen LogP contribution < -0.4 is 5.32 Å². The molecular weight excluding hydrogens is 388 g/mol. The Labute approximate surface area is 134 Å². The number of rotatable bonds is 4. The topological polar surface area (TPSA) is 58.3 Å². The van der Waals surface area contributed by atoms with Gasteiger partial charge in [-0.15, -0.1) is 0 Å². The first-order chi connectivity index (χ1) is 9.40. The molecule has 2 N–H and O–H groups in total. The Morgan fingerprint density at radius 1 is 1.30 bits per heavy atom. The molecule has 0 bridgehead atoms. The van der Waals surface area contributed by atoms with Crippen LogP contribution in [0.15, 0.2) is 25.6 Å². The summed E-state index contributed by atoms with van der Waals surface area (Å²) in [7, 11) is 0. The quantitative estimate of drug-likeness (QED) is 0.795. The second-order valence-electron chi connectivity index (χ2n) is 4.75. The van der Waals surface area contributed by atoms with Gasteiger partial charge in [0.2, 0.25) is 0 Å². The Kier molecular flexibility index (Phi) is 4.88. The summed E-state index contributed by atoms with van der Waals surface area (Å²) in [5.41, 5.74) is 3.08. The molecule has 6 heteroatoms. The zero-order valence-electron chi connectivity index (χ0n) is 11.5. The van der Waals surface area contributed by atoms with E-state index in [0.29, 0.717) is 15.5 Å². The molecular formula is C14H16Br2N2O2. The fourth-order valence-corrected chi connectivity index (χ4v) is 3.48. The molecule has 0 saturated heterocycles. The maximum Gasteiger partial charge on any atom is 0.143 e. The van der Waals surface area contributed by atoms with Crippen LogP contribution in [0.25, 0.3) is 0 Å². The van der Waals surface area contributed by atoms with Gasteiger partial charge in [0.05, 0.1) is 14.6 Å². The molecule has 0 spiro atoms. The molecule has 108 valence electrons. The van der Waals surface area contributed by atoms with Crippen molar-refractivity contribution in [2.24, 2.45) is 0 Å². The molecule has 0 aliphatic carbocycles. The van der Waals surface area contributed by atoms with E-state index in [4.69, 9.17) is 4.52 Å². The van der Waals surface area contributed by atoms with Crippen LogP contribution in [-0.2, 0) is 6.54 Å². The smallest absolute Gasteiger partial charge is 0.143 e. The lowest BCUT2D eigenvalue weighted by molar-refractivity contribution is 0.390. The van der Waals surface area contributed by atoms with Crippen molar-refractivity contribution in [3.8, 4) is 5.75 Å². The summed E-state index contributed by atoms with van der Waals surface area (Å²) in [6.45, 7) is 6.62. The number of benzene rings is 1. The number of aromatic nitrogens is 1. The maximum absolute atomic E-state index is 9.70. The van der Waals surface area contributed by atoms with E-state index in [-0.39, 0.29) is 11.8 Å². The SMILES string of the molecule is Cc1noc(C)c1C(C)NCc1cc(Br)c(O)c(Br)c1. The fraction of sp³-hybridized carbons (Fsp3) is 0.357. The van der Waals surface area contributed by atoms with Gasteiger partial charge in [-0.3, -0.25) is 0 Å². The minimum absolute atomic E-state index is 0.146. The normalized spacial score (nSPS) is 12.7. The van der Waals surface area contributed by atoms with E-state index in [1.807, 2.05) is 26.0 Å². The van der Waals surface area contributed by atoms with E-state index in [1.54, 1.807) is 0 Å². The molecule has 1 aromatic heterocycles. The van der Waals surface area contributed by atoms with E-state index in [9.17, 15) is 5.11 Å². The van der Waals surface area contributed by atoms with E-state index in [1.165, 1.54) is 0 Å². The number of nitrogens with one attached hydrogen (secondary N) is 1. The number of nitrogens with zero attached hydrogens (tertiary/aromatic N) is 1. The van der Waals surface area contributed by atoms with Crippen molar-refractivity contribution in [3.63, 3.8) is 0 Å². The van der Waals surface area contributed by atoms with Gasteiger partial charge >= 0.3 is 0 Å². The minimum Gasteiger partial charge on any atom is -0.506 e. The van der Waals surface area contributed by atoms with Gasteiger partial charge in [0, 0.05) is 18.2 Å². The number of phenolic OH excluding ortho intramolecular Hbond substituents is 1. The highest BCUT2D eigenvalue weighted by Crippen LogP contribution is 2.33. The molecule has 1 aromatic carbocycles. The summed E-state index contributed by atoms with van der Waals surface area (Å²) in [5.74, 6) is 1.06. The van der Waals surface area contributed by atoms with E-state index < -0.39 is 0 Å². The van der Waals surface area contributed by atoms with Crippen molar-refractivity contribution in [1.29, 1.82) is 0 Å². The van der Waals surface area contributed by atoms with Crippen molar-refractivity contribution >= 4 is 31.9 Å². The second kappa shape index (κ2) is 6.28. The third kappa shape index (κ3) is 3.24. The zero-order chi connectivity index (χ0) is 14.9. The van der Waals surface area contributed by atoms with Crippen LogP contribution in [0.2, 0.25) is 0 Å². The molecule has 0 amide bonds. The Morgan fingerprint density at radius 3 is 2.40 bits per heavy atom. The van der Waals surface area contributed by atoms with Gasteiger partial charge in [-0.2, -0.15) is 0 Å². The van der Waals surface area contributed by atoms with Gasteiger partial charge in [-0.1, -0.05) is 5.16 Å². The first kappa shape index (κ1) is 15.5. The molecule has 0 aliphatic rings. The Balaban J connectivity index is 2.09. The maximum atomic E-state index is 9.70. The molecule has 0 fully saturated rings. The van der Waals surface area contributed by atoms with Crippen molar-refractivity contribution in [2.75, 3.05) is 0 Å². The minimum atomic E-state index is 0.146. The first-order valence-corrected chi connectivity index (χ1v) is 7.81. The lowest BCUT2D eigenvalue weighted by atomic mass is 10.1. The van der Waals surface area contributed by atoms with Gasteiger partial charge < -0.3 is 14.9 Å². The fourth-order valence-electron chi connectivity index (χ4n) is 2.20. The monoisotopic (exact) mass is 402 g/mol. The molecule has 2 aromatic rings. The second-order valence-corrected chi connectivity index (χ2v) is 6.46. The van der Waals surface area contributed by atoms with Crippen molar-refractivity contribution in [2.45, 2.75) is 33.4 Å². The summed E-state index contributed by atoms with van der Waals surface area (Å²) in [6, 6.07) is 3.94. The van der Waals surface area contributed by atoms with E-state index in [2.05, 4.69) is 49.3 Å². The largest absolute Gasteiger partial charge is 0.506 e. The zero-order valence-corrected chi connectivity index (χ0v) is 14.7. The highest BCUT2D eigenvalue weighted by molar-refractivity contribution is 9.11. The number of hydrogen-bond donors (Lipinski definition) is 2. The Hall–Kier alpha value is -0.850. The van der Waals surface area contributed by atoms with Crippen molar-refractivity contribution in [1.82, 2.24) is 10.5 Å². The van der Waals surface area contributed by atoms with Gasteiger partial charge in [0.15, 0.2) is 0 Å². The van der Waals surface area contributed by atoms with Crippen LogP contribution in [0, 0.1) is 13.8 Å². The van der Waals surface area contributed by atoms with Crippen LogP contribution in [0.3, 0.4) is 0 Å². The van der Waals surface area contributed by atoms with Gasteiger partial charge in [0.25, 0.3) is 0 Å². The summed E-state index contributed by atoms with van der Waals surface area (Å²) in [4.78, 5) is 0. The molecule has 2 rings (SSSR count). The van der Waals surface area contributed by atoms with E-state index in [0.717, 1.165) is 22.6 Å². The molecule has 0 saturated carbocycles. The highest BCUT2D eigenvalue weighted by Gasteiger charge is 2.16. The third-order valence-electron chi connectivity index (χ3n) is 3.21. The van der Waals surface area contributed by atoms with Gasteiger partial charge in [-0.05, 0) is 70.3 Å². The third-order valence-corrected chi connectivity index (χ3v) is 4.42. The predicted octanol–water partition coefficient (Wildman–Crippen LogP) is 4.37.